The van der Waals surface area contributed by atoms with Crippen LogP contribution < -0.4 is 15.4 Å². The molecule has 4 nitrogen and oxygen atoms in total. The molecular formula is C19H23FN2O2. The number of rotatable bonds is 8. The van der Waals surface area contributed by atoms with Crippen molar-refractivity contribution in [2.24, 2.45) is 0 Å². The molecule has 5 heteroatoms. The van der Waals surface area contributed by atoms with E-state index in [1.54, 1.807) is 24.3 Å². The summed E-state index contributed by atoms with van der Waals surface area (Å²) in [7, 11) is 1.85. The first-order valence-electron chi connectivity index (χ1n) is 8.06. The lowest BCUT2D eigenvalue weighted by atomic mass is 10.1. The number of carbonyl (C=O) groups is 1. The van der Waals surface area contributed by atoms with Crippen LogP contribution in [0.25, 0.3) is 0 Å². The molecule has 0 heterocycles. The minimum atomic E-state index is -0.451. The van der Waals surface area contributed by atoms with E-state index < -0.39 is 5.82 Å². The second-order valence-corrected chi connectivity index (χ2v) is 5.60. The van der Waals surface area contributed by atoms with Crippen LogP contribution in [0.1, 0.15) is 31.4 Å². The van der Waals surface area contributed by atoms with Gasteiger partial charge in [0.1, 0.15) is 5.75 Å². The van der Waals surface area contributed by atoms with Crippen LogP contribution in [-0.4, -0.2) is 19.5 Å². The maximum absolute atomic E-state index is 14.2. The Bertz CT molecular complexity index is 662. The average molecular weight is 330 g/mol. The number of ether oxygens (including phenoxy) is 1. The van der Waals surface area contributed by atoms with Gasteiger partial charge in [0.05, 0.1) is 6.04 Å². The van der Waals surface area contributed by atoms with Gasteiger partial charge in [-0.25, -0.2) is 4.39 Å². The molecule has 2 N–H and O–H groups in total. The Morgan fingerprint density at radius 2 is 1.96 bits per heavy atom. The second-order valence-electron chi connectivity index (χ2n) is 5.60. The summed E-state index contributed by atoms with van der Waals surface area (Å²) in [4.78, 5) is 11.8. The number of para-hydroxylation sites is 1. The van der Waals surface area contributed by atoms with Crippen molar-refractivity contribution in [3.8, 4) is 11.5 Å². The number of halogens is 1. The summed E-state index contributed by atoms with van der Waals surface area (Å²) in [5.74, 6) is 0.253. The van der Waals surface area contributed by atoms with Crippen LogP contribution in [0.2, 0.25) is 0 Å². The van der Waals surface area contributed by atoms with Gasteiger partial charge in [0.25, 0.3) is 0 Å². The molecule has 0 saturated carbocycles. The van der Waals surface area contributed by atoms with E-state index in [1.807, 2.05) is 32.2 Å². The zero-order valence-electron chi connectivity index (χ0n) is 14.0. The predicted octanol–water partition coefficient (Wildman–Crippen LogP) is 3.79. The summed E-state index contributed by atoms with van der Waals surface area (Å²) in [6.45, 7) is 2.63. The molecule has 2 aromatic carbocycles. The Morgan fingerprint density at radius 3 is 2.62 bits per heavy atom. The first-order chi connectivity index (χ1) is 11.6. The van der Waals surface area contributed by atoms with Gasteiger partial charge in [-0.2, -0.15) is 0 Å². The fourth-order valence-electron chi connectivity index (χ4n) is 2.31. The van der Waals surface area contributed by atoms with Crippen molar-refractivity contribution < 1.29 is 13.9 Å². The molecule has 2 rings (SSSR count). The van der Waals surface area contributed by atoms with Crippen LogP contribution in [0, 0.1) is 5.82 Å². The monoisotopic (exact) mass is 330 g/mol. The summed E-state index contributed by atoms with van der Waals surface area (Å²) in [6.07, 6.45) is 1.22. The largest absolute Gasteiger partial charge is 0.454 e. The van der Waals surface area contributed by atoms with E-state index in [9.17, 15) is 9.18 Å². The molecule has 0 radical (unpaired) electrons. The van der Waals surface area contributed by atoms with Gasteiger partial charge in [0.2, 0.25) is 5.91 Å². The Morgan fingerprint density at radius 1 is 1.21 bits per heavy atom. The van der Waals surface area contributed by atoms with E-state index in [2.05, 4.69) is 10.6 Å². The van der Waals surface area contributed by atoms with Crippen LogP contribution in [0.15, 0.2) is 48.5 Å². The smallest absolute Gasteiger partial charge is 0.220 e. The average Bonchev–Trinajstić information content (AvgIpc) is 2.58. The summed E-state index contributed by atoms with van der Waals surface area (Å²) >= 11 is 0. The molecule has 1 unspecified atom stereocenters. The molecule has 0 bridgehead atoms. The maximum Gasteiger partial charge on any atom is 0.220 e. The molecule has 128 valence electrons. The third-order valence-corrected chi connectivity index (χ3v) is 3.64. The fraction of sp³-hybridized carbons (Fsp3) is 0.316. The van der Waals surface area contributed by atoms with Crippen LogP contribution in [0.5, 0.6) is 11.5 Å². The van der Waals surface area contributed by atoms with Crippen molar-refractivity contribution in [2.45, 2.75) is 25.8 Å². The Labute approximate surface area is 142 Å². The number of hydrogen-bond acceptors (Lipinski definition) is 3. The molecule has 1 amide bonds. The van der Waals surface area contributed by atoms with Gasteiger partial charge in [-0.1, -0.05) is 24.3 Å². The molecule has 0 aromatic heterocycles. The van der Waals surface area contributed by atoms with E-state index in [0.717, 1.165) is 13.0 Å². The summed E-state index contributed by atoms with van der Waals surface area (Å²) in [5, 5.41) is 5.88. The molecule has 0 aliphatic rings. The zero-order valence-corrected chi connectivity index (χ0v) is 14.0. The minimum absolute atomic E-state index is 0.0391. The second kappa shape index (κ2) is 9.03. The number of amides is 1. The van der Waals surface area contributed by atoms with Gasteiger partial charge in [0, 0.05) is 6.42 Å². The van der Waals surface area contributed by atoms with Crippen molar-refractivity contribution >= 4 is 5.91 Å². The Hall–Kier alpha value is -2.40. The lowest BCUT2D eigenvalue weighted by Crippen LogP contribution is -2.27. The molecule has 0 aliphatic heterocycles. The first-order valence-corrected chi connectivity index (χ1v) is 8.06. The SMILES string of the molecule is CNCCCC(=O)NC(C)c1ccc(Oc2ccccc2)c(F)c1. The van der Waals surface area contributed by atoms with Crippen LogP contribution in [0.3, 0.4) is 0 Å². The Kier molecular flexibility index (Phi) is 6.75. The Balaban J connectivity index is 1.96. The number of nitrogens with one attached hydrogen (secondary N) is 2. The van der Waals surface area contributed by atoms with Gasteiger partial charge in [-0.3, -0.25) is 4.79 Å². The molecule has 0 fully saturated rings. The molecule has 24 heavy (non-hydrogen) atoms. The summed E-state index contributed by atoms with van der Waals surface area (Å²) in [5.41, 5.74) is 0.704. The van der Waals surface area contributed by atoms with Gasteiger partial charge >= 0.3 is 0 Å². The van der Waals surface area contributed by atoms with Crippen molar-refractivity contribution in [2.75, 3.05) is 13.6 Å². The highest BCUT2D eigenvalue weighted by Crippen LogP contribution is 2.26. The topological polar surface area (TPSA) is 50.4 Å². The minimum Gasteiger partial charge on any atom is -0.454 e. The number of hydrogen-bond donors (Lipinski definition) is 2. The first kappa shape index (κ1) is 17.9. The number of benzene rings is 2. The van der Waals surface area contributed by atoms with E-state index in [-0.39, 0.29) is 17.7 Å². The molecule has 0 saturated heterocycles. The van der Waals surface area contributed by atoms with Gasteiger partial charge in [-0.05, 0) is 56.8 Å². The van der Waals surface area contributed by atoms with Gasteiger partial charge in [-0.15, -0.1) is 0 Å². The fourth-order valence-corrected chi connectivity index (χ4v) is 2.31. The van der Waals surface area contributed by atoms with Crippen molar-refractivity contribution in [1.82, 2.24) is 10.6 Å². The van der Waals surface area contributed by atoms with Crippen molar-refractivity contribution in [3.63, 3.8) is 0 Å². The van der Waals surface area contributed by atoms with Crippen LogP contribution in [0.4, 0.5) is 4.39 Å². The highest BCUT2D eigenvalue weighted by atomic mass is 19.1. The van der Waals surface area contributed by atoms with Crippen LogP contribution in [-0.2, 0) is 4.79 Å². The van der Waals surface area contributed by atoms with E-state index in [1.165, 1.54) is 6.07 Å². The summed E-state index contributed by atoms with van der Waals surface area (Å²) < 4.78 is 19.8. The lowest BCUT2D eigenvalue weighted by molar-refractivity contribution is -0.121. The van der Waals surface area contributed by atoms with E-state index >= 15 is 0 Å². The van der Waals surface area contributed by atoms with E-state index in [0.29, 0.717) is 17.7 Å². The normalized spacial score (nSPS) is 11.8. The third-order valence-electron chi connectivity index (χ3n) is 3.64. The highest BCUT2D eigenvalue weighted by Gasteiger charge is 2.13. The lowest BCUT2D eigenvalue weighted by Gasteiger charge is -2.15. The molecular weight excluding hydrogens is 307 g/mol. The summed E-state index contributed by atoms with van der Waals surface area (Å²) in [6, 6.07) is 13.5. The molecule has 0 aliphatic carbocycles. The van der Waals surface area contributed by atoms with Crippen molar-refractivity contribution in [3.05, 3.63) is 59.9 Å². The van der Waals surface area contributed by atoms with Crippen LogP contribution >= 0.6 is 0 Å². The zero-order chi connectivity index (χ0) is 17.4. The molecule has 1 atom stereocenters. The number of carbonyl (C=O) groups excluding carboxylic acids is 1. The van der Waals surface area contributed by atoms with Gasteiger partial charge < -0.3 is 15.4 Å². The molecule has 2 aromatic rings. The van der Waals surface area contributed by atoms with E-state index in [4.69, 9.17) is 4.74 Å². The predicted molar refractivity (Wildman–Crippen MR) is 92.6 cm³/mol. The molecule has 0 spiro atoms. The van der Waals surface area contributed by atoms with Crippen molar-refractivity contribution in [1.29, 1.82) is 0 Å². The third kappa shape index (κ3) is 5.35. The quantitative estimate of drug-likeness (QED) is 0.724. The highest BCUT2D eigenvalue weighted by molar-refractivity contribution is 5.76. The van der Waals surface area contributed by atoms with Gasteiger partial charge in [0.15, 0.2) is 11.6 Å². The standard InChI is InChI=1S/C19H23FN2O2/c1-14(22-19(23)9-6-12-21-2)15-10-11-18(17(20)13-15)24-16-7-4-3-5-8-16/h3-5,7-8,10-11,13-14,21H,6,9,12H2,1-2H3,(H,22,23). The maximum atomic E-state index is 14.2.